The van der Waals surface area contributed by atoms with Gasteiger partial charge >= 0.3 is 6.01 Å². The first kappa shape index (κ1) is 14.5. The molecule has 0 aliphatic heterocycles. The van der Waals surface area contributed by atoms with Gasteiger partial charge in [-0.1, -0.05) is 13.8 Å². The minimum Gasteiger partial charge on any atom is -0.421 e. The van der Waals surface area contributed by atoms with Gasteiger partial charge in [-0.15, -0.1) is 0 Å². The number of aromatic nitrogens is 4. The topological polar surface area (TPSA) is 78.9 Å². The standard InChI is InChI=1S/C14H21N5O/c1-3-5-19-10-13(9-18-19)20-14-16-7-11(8-17-14)6-12(15)4-2/h7-10,12H,3-6,15H2,1-2H3. The fourth-order valence-electron chi connectivity index (χ4n) is 1.80. The molecule has 2 aromatic rings. The van der Waals surface area contributed by atoms with Crippen molar-refractivity contribution in [1.29, 1.82) is 0 Å². The highest BCUT2D eigenvalue weighted by Gasteiger charge is 2.06. The molecule has 1 atom stereocenters. The van der Waals surface area contributed by atoms with E-state index in [0.717, 1.165) is 31.4 Å². The molecule has 0 aromatic carbocycles. The predicted molar refractivity (Wildman–Crippen MR) is 76.6 cm³/mol. The van der Waals surface area contributed by atoms with Gasteiger partial charge in [0.2, 0.25) is 0 Å². The van der Waals surface area contributed by atoms with Gasteiger partial charge in [0.05, 0.1) is 12.4 Å². The van der Waals surface area contributed by atoms with Crippen LogP contribution >= 0.6 is 0 Å². The molecule has 0 aliphatic rings. The molecule has 6 heteroatoms. The van der Waals surface area contributed by atoms with Crippen molar-refractivity contribution in [2.24, 2.45) is 5.73 Å². The Morgan fingerprint density at radius 3 is 2.65 bits per heavy atom. The summed E-state index contributed by atoms with van der Waals surface area (Å²) in [6.07, 6.45) is 9.78. The number of rotatable bonds is 7. The van der Waals surface area contributed by atoms with E-state index < -0.39 is 0 Å². The van der Waals surface area contributed by atoms with Gasteiger partial charge in [0, 0.05) is 25.0 Å². The van der Waals surface area contributed by atoms with Crippen LogP contribution < -0.4 is 10.5 Å². The molecule has 0 amide bonds. The predicted octanol–water partition coefficient (Wildman–Crippen LogP) is 2.16. The van der Waals surface area contributed by atoms with Crippen LogP contribution in [-0.4, -0.2) is 25.8 Å². The SMILES string of the molecule is CCCn1cc(Oc2ncc(CC(N)CC)cn2)cn1. The minimum absolute atomic E-state index is 0.151. The first-order valence-electron chi connectivity index (χ1n) is 6.98. The van der Waals surface area contributed by atoms with Crippen molar-refractivity contribution in [3.63, 3.8) is 0 Å². The van der Waals surface area contributed by atoms with E-state index in [1.807, 2.05) is 10.9 Å². The van der Waals surface area contributed by atoms with Crippen LogP contribution in [0, 0.1) is 0 Å². The highest BCUT2D eigenvalue weighted by molar-refractivity contribution is 5.18. The molecule has 0 saturated carbocycles. The van der Waals surface area contributed by atoms with Crippen LogP contribution in [0.2, 0.25) is 0 Å². The van der Waals surface area contributed by atoms with Gasteiger partial charge in [-0.2, -0.15) is 5.10 Å². The third kappa shape index (κ3) is 4.03. The summed E-state index contributed by atoms with van der Waals surface area (Å²) in [6.45, 7) is 5.04. The Morgan fingerprint density at radius 1 is 1.25 bits per heavy atom. The summed E-state index contributed by atoms with van der Waals surface area (Å²) in [4.78, 5) is 8.38. The van der Waals surface area contributed by atoms with Gasteiger partial charge in [0.1, 0.15) is 0 Å². The molecule has 2 rings (SSSR count). The Bertz CT molecular complexity index is 523. The number of ether oxygens (including phenoxy) is 1. The fraction of sp³-hybridized carbons (Fsp3) is 0.500. The Kier molecular flexibility index (Phi) is 5.06. The summed E-state index contributed by atoms with van der Waals surface area (Å²) in [5.41, 5.74) is 6.92. The van der Waals surface area contributed by atoms with E-state index in [4.69, 9.17) is 10.5 Å². The molecule has 20 heavy (non-hydrogen) atoms. The summed E-state index contributed by atoms with van der Waals surface area (Å²) >= 11 is 0. The zero-order chi connectivity index (χ0) is 14.4. The summed E-state index contributed by atoms with van der Waals surface area (Å²) in [7, 11) is 0. The largest absolute Gasteiger partial charge is 0.421 e. The lowest BCUT2D eigenvalue weighted by Gasteiger charge is -2.07. The van der Waals surface area contributed by atoms with Gasteiger partial charge in [-0.3, -0.25) is 4.68 Å². The summed E-state index contributed by atoms with van der Waals surface area (Å²) in [5.74, 6) is 0.649. The fourth-order valence-corrected chi connectivity index (χ4v) is 1.80. The van der Waals surface area contributed by atoms with Crippen molar-refractivity contribution in [3.8, 4) is 11.8 Å². The summed E-state index contributed by atoms with van der Waals surface area (Å²) < 4.78 is 7.39. The molecule has 0 bridgehead atoms. The van der Waals surface area contributed by atoms with Crippen LogP contribution in [0.4, 0.5) is 0 Å². The number of nitrogens with zero attached hydrogens (tertiary/aromatic N) is 4. The number of hydrogen-bond donors (Lipinski definition) is 1. The molecule has 0 aliphatic carbocycles. The van der Waals surface area contributed by atoms with Crippen LogP contribution in [0.5, 0.6) is 11.8 Å². The smallest absolute Gasteiger partial charge is 0.321 e. The van der Waals surface area contributed by atoms with E-state index in [2.05, 4.69) is 28.9 Å². The molecule has 0 fully saturated rings. The van der Waals surface area contributed by atoms with Gasteiger partial charge in [-0.25, -0.2) is 9.97 Å². The van der Waals surface area contributed by atoms with E-state index in [-0.39, 0.29) is 6.04 Å². The Morgan fingerprint density at radius 2 is 2.00 bits per heavy atom. The van der Waals surface area contributed by atoms with Gasteiger partial charge in [0.15, 0.2) is 5.75 Å². The highest BCUT2D eigenvalue weighted by Crippen LogP contribution is 2.16. The molecule has 0 radical (unpaired) electrons. The highest BCUT2D eigenvalue weighted by atomic mass is 16.5. The van der Waals surface area contributed by atoms with Crippen molar-refractivity contribution in [1.82, 2.24) is 19.7 Å². The monoisotopic (exact) mass is 275 g/mol. The van der Waals surface area contributed by atoms with Gasteiger partial charge < -0.3 is 10.5 Å². The third-order valence-electron chi connectivity index (χ3n) is 2.98. The Labute approximate surface area is 119 Å². The molecule has 108 valence electrons. The molecule has 0 spiro atoms. The second-order valence-electron chi connectivity index (χ2n) is 4.79. The summed E-state index contributed by atoms with van der Waals surface area (Å²) in [6, 6.07) is 0.479. The average molecular weight is 275 g/mol. The first-order valence-corrected chi connectivity index (χ1v) is 6.98. The first-order chi connectivity index (χ1) is 9.71. The molecular weight excluding hydrogens is 254 g/mol. The normalized spacial score (nSPS) is 12.3. The lowest BCUT2D eigenvalue weighted by molar-refractivity contribution is 0.439. The summed E-state index contributed by atoms with van der Waals surface area (Å²) in [5, 5.41) is 4.19. The third-order valence-corrected chi connectivity index (χ3v) is 2.98. The van der Waals surface area contributed by atoms with E-state index >= 15 is 0 Å². The number of nitrogens with two attached hydrogens (primary N) is 1. The van der Waals surface area contributed by atoms with E-state index in [0.29, 0.717) is 11.8 Å². The lowest BCUT2D eigenvalue weighted by atomic mass is 10.1. The van der Waals surface area contributed by atoms with Gasteiger partial charge in [0.25, 0.3) is 0 Å². The van der Waals surface area contributed by atoms with Crippen molar-refractivity contribution in [2.45, 2.75) is 45.7 Å². The molecule has 6 nitrogen and oxygen atoms in total. The second-order valence-corrected chi connectivity index (χ2v) is 4.79. The van der Waals surface area contributed by atoms with Gasteiger partial charge in [-0.05, 0) is 24.8 Å². The lowest BCUT2D eigenvalue weighted by Crippen LogP contribution is -2.21. The molecule has 2 aromatic heterocycles. The van der Waals surface area contributed by atoms with Crippen molar-refractivity contribution in [2.75, 3.05) is 0 Å². The van der Waals surface area contributed by atoms with Crippen LogP contribution in [0.25, 0.3) is 0 Å². The number of hydrogen-bond acceptors (Lipinski definition) is 5. The van der Waals surface area contributed by atoms with Crippen molar-refractivity contribution < 1.29 is 4.74 Å². The number of aryl methyl sites for hydroxylation is 1. The molecule has 2 N–H and O–H groups in total. The minimum atomic E-state index is 0.151. The van der Waals surface area contributed by atoms with Crippen LogP contribution in [0.15, 0.2) is 24.8 Å². The zero-order valence-corrected chi connectivity index (χ0v) is 12.0. The van der Waals surface area contributed by atoms with Crippen molar-refractivity contribution in [3.05, 3.63) is 30.4 Å². The zero-order valence-electron chi connectivity index (χ0n) is 12.0. The quantitative estimate of drug-likeness (QED) is 0.837. The molecule has 0 saturated heterocycles. The van der Waals surface area contributed by atoms with Crippen molar-refractivity contribution >= 4 is 0 Å². The van der Waals surface area contributed by atoms with E-state index in [1.165, 1.54) is 0 Å². The van der Waals surface area contributed by atoms with Crippen LogP contribution in [0.3, 0.4) is 0 Å². The van der Waals surface area contributed by atoms with Crippen LogP contribution in [-0.2, 0) is 13.0 Å². The molecular formula is C14H21N5O. The second kappa shape index (κ2) is 7.00. The maximum Gasteiger partial charge on any atom is 0.321 e. The Balaban J connectivity index is 1.95. The van der Waals surface area contributed by atoms with E-state index in [9.17, 15) is 0 Å². The van der Waals surface area contributed by atoms with Crippen LogP contribution in [0.1, 0.15) is 32.3 Å². The molecule has 1 unspecified atom stereocenters. The molecule has 2 heterocycles. The maximum atomic E-state index is 5.90. The maximum absolute atomic E-state index is 5.90. The Hall–Kier alpha value is -1.95. The van der Waals surface area contributed by atoms with E-state index in [1.54, 1.807) is 18.6 Å². The average Bonchev–Trinajstić information content (AvgIpc) is 2.88.